The molecule has 0 fully saturated rings. The molecule has 0 aliphatic carbocycles. The van der Waals surface area contributed by atoms with Crippen molar-refractivity contribution in [1.82, 2.24) is 9.97 Å². The molecule has 4 aromatic carbocycles. The molecule has 2 N–H and O–H groups in total. The van der Waals surface area contributed by atoms with Gasteiger partial charge in [-0.1, -0.05) is 29.3 Å². The first-order chi connectivity index (χ1) is 18.4. The number of aromatic nitrogens is 2. The van der Waals surface area contributed by atoms with Crippen molar-refractivity contribution >= 4 is 66.3 Å². The molecule has 0 aliphatic rings. The molecule has 0 unspecified atom stereocenters. The van der Waals surface area contributed by atoms with Crippen LogP contribution in [-0.2, 0) is 0 Å². The lowest BCUT2D eigenvalue weighted by molar-refractivity contribution is 0.373. The molecular formula is C28H20Cl2N2O4S2. The van der Waals surface area contributed by atoms with Crippen LogP contribution in [0.25, 0.3) is 41.6 Å². The van der Waals surface area contributed by atoms with Crippen molar-refractivity contribution in [2.24, 2.45) is 0 Å². The quantitative estimate of drug-likeness (QED) is 0.216. The van der Waals surface area contributed by atoms with Crippen LogP contribution in [0.5, 0.6) is 23.0 Å². The van der Waals surface area contributed by atoms with E-state index in [0.29, 0.717) is 21.5 Å². The Kier molecular flexibility index (Phi) is 7.58. The highest BCUT2D eigenvalue weighted by atomic mass is 35.5. The van der Waals surface area contributed by atoms with E-state index in [1.165, 1.54) is 14.2 Å². The molecule has 2 aromatic heterocycles. The van der Waals surface area contributed by atoms with Crippen LogP contribution < -0.4 is 9.47 Å². The van der Waals surface area contributed by atoms with E-state index in [-0.39, 0.29) is 11.5 Å². The van der Waals surface area contributed by atoms with Gasteiger partial charge in [-0.15, -0.1) is 22.7 Å². The van der Waals surface area contributed by atoms with Crippen LogP contribution >= 0.6 is 45.9 Å². The van der Waals surface area contributed by atoms with Crippen molar-refractivity contribution in [2.45, 2.75) is 0 Å². The van der Waals surface area contributed by atoms with Gasteiger partial charge in [0, 0.05) is 16.1 Å². The molecule has 0 bridgehead atoms. The summed E-state index contributed by atoms with van der Waals surface area (Å²) in [5.41, 5.74) is 3.48. The largest absolute Gasteiger partial charge is 0.504 e. The molecule has 6 rings (SSSR count). The summed E-state index contributed by atoms with van der Waals surface area (Å²) in [6, 6.07) is 21.7. The van der Waals surface area contributed by atoms with E-state index in [9.17, 15) is 10.2 Å². The molecule has 0 atom stereocenters. The lowest BCUT2D eigenvalue weighted by Gasteiger charge is -2.04. The number of fused-ring (bicyclic) bond motifs is 2. The number of para-hydroxylation sites is 1. The van der Waals surface area contributed by atoms with Crippen molar-refractivity contribution in [3.63, 3.8) is 0 Å². The summed E-state index contributed by atoms with van der Waals surface area (Å²) in [6.07, 6.45) is 0. The molecule has 192 valence electrons. The lowest BCUT2D eigenvalue weighted by atomic mass is 10.2. The zero-order valence-electron chi connectivity index (χ0n) is 20.1. The molecule has 6 aromatic rings. The maximum absolute atomic E-state index is 9.60. The SMILES string of the molecule is COc1cc(-c2nc3c(Cl)cccc3s2)ccc1O.COc1cc(-c2nc3cc(Cl)ccc3s2)ccc1O. The second kappa shape index (κ2) is 11.0. The Morgan fingerprint density at radius 1 is 0.684 bits per heavy atom. The van der Waals surface area contributed by atoms with Crippen LogP contribution in [0, 0.1) is 0 Å². The minimum atomic E-state index is 0.116. The van der Waals surface area contributed by atoms with Gasteiger partial charge in [0.15, 0.2) is 23.0 Å². The van der Waals surface area contributed by atoms with Crippen molar-refractivity contribution in [2.75, 3.05) is 14.2 Å². The topological polar surface area (TPSA) is 84.7 Å². The highest BCUT2D eigenvalue weighted by Gasteiger charge is 2.12. The normalized spacial score (nSPS) is 10.8. The Balaban J connectivity index is 0.000000155. The van der Waals surface area contributed by atoms with E-state index in [2.05, 4.69) is 9.97 Å². The number of halogens is 2. The maximum atomic E-state index is 9.60. The fourth-order valence-electron chi connectivity index (χ4n) is 3.68. The molecule has 6 nitrogen and oxygen atoms in total. The molecule has 0 amide bonds. The van der Waals surface area contributed by atoms with E-state index in [1.54, 1.807) is 46.9 Å². The number of hydrogen-bond donors (Lipinski definition) is 2. The number of phenolic OH excluding ortho intramolecular Hbond substituents is 2. The minimum Gasteiger partial charge on any atom is -0.504 e. The molecule has 10 heteroatoms. The molecule has 0 aliphatic heterocycles. The van der Waals surface area contributed by atoms with Gasteiger partial charge in [0.05, 0.1) is 34.2 Å². The second-order valence-corrected chi connectivity index (χ2v) is 10.9. The van der Waals surface area contributed by atoms with Crippen LogP contribution in [-0.4, -0.2) is 34.4 Å². The van der Waals surface area contributed by atoms with Gasteiger partial charge in [-0.25, -0.2) is 9.97 Å². The second-order valence-electron chi connectivity index (χ2n) is 8.01. The first-order valence-corrected chi connectivity index (χ1v) is 13.6. The zero-order chi connectivity index (χ0) is 26.8. The maximum Gasteiger partial charge on any atom is 0.161 e. The average Bonchev–Trinajstić information content (AvgIpc) is 3.55. The Hall–Kier alpha value is -3.56. The Bertz CT molecular complexity index is 1770. The third kappa shape index (κ3) is 5.35. The number of nitrogens with zero attached hydrogens (tertiary/aromatic N) is 2. The summed E-state index contributed by atoms with van der Waals surface area (Å²) in [6.45, 7) is 0. The number of thiazole rings is 2. The molecule has 2 heterocycles. The summed E-state index contributed by atoms with van der Waals surface area (Å²) >= 11 is 15.2. The van der Waals surface area contributed by atoms with Crippen LogP contribution in [0.2, 0.25) is 10.0 Å². The molecule has 0 radical (unpaired) electrons. The molecule has 0 saturated carbocycles. The van der Waals surface area contributed by atoms with Gasteiger partial charge in [-0.3, -0.25) is 0 Å². The van der Waals surface area contributed by atoms with Crippen LogP contribution in [0.4, 0.5) is 0 Å². The standard InChI is InChI=1S/2C14H10ClNO2S/c1-18-12-6-8(2-4-11(12)17)14-16-10-7-9(15)3-5-13(10)19-14;1-18-11-7-8(5-6-10(11)17)14-16-13-9(15)3-2-4-12(13)19-14/h2*2-7,17H,1H3. The Labute approximate surface area is 236 Å². The molecular weight excluding hydrogens is 563 g/mol. The lowest BCUT2D eigenvalue weighted by Crippen LogP contribution is -1.84. The van der Waals surface area contributed by atoms with Gasteiger partial charge in [-0.05, 0) is 66.7 Å². The zero-order valence-corrected chi connectivity index (χ0v) is 23.3. The fraction of sp³-hybridized carbons (Fsp3) is 0.0714. The van der Waals surface area contributed by atoms with Gasteiger partial charge in [-0.2, -0.15) is 0 Å². The van der Waals surface area contributed by atoms with Gasteiger partial charge < -0.3 is 19.7 Å². The predicted octanol–water partition coefficient (Wildman–Crippen LogP) is 8.66. The Morgan fingerprint density at radius 2 is 1.29 bits per heavy atom. The summed E-state index contributed by atoms with van der Waals surface area (Å²) in [7, 11) is 3.05. The van der Waals surface area contributed by atoms with Crippen LogP contribution in [0.3, 0.4) is 0 Å². The number of ether oxygens (including phenoxy) is 2. The van der Waals surface area contributed by atoms with Crippen LogP contribution in [0.1, 0.15) is 0 Å². The highest BCUT2D eigenvalue weighted by molar-refractivity contribution is 7.22. The summed E-state index contributed by atoms with van der Waals surface area (Å²) in [5.74, 6) is 1.11. The van der Waals surface area contributed by atoms with Crippen molar-refractivity contribution in [1.29, 1.82) is 0 Å². The number of rotatable bonds is 4. The van der Waals surface area contributed by atoms with E-state index >= 15 is 0 Å². The summed E-state index contributed by atoms with van der Waals surface area (Å²) in [4.78, 5) is 9.08. The van der Waals surface area contributed by atoms with Gasteiger partial charge >= 0.3 is 0 Å². The Morgan fingerprint density at radius 3 is 1.89 bits per heavy atom. The first kappa shape index (κ1) is 26.1. The number of benzene rings is 4. The van der Waals surface area contributed by atoms with Crippen molar-refractivity contribution in [3.05, 3.63) is 82.8 Å². The predicted molar refractivity (Wildman–Crippen MR) is 157 cm³/mol. The van der Waals surface area contributed by atoms with Gasteiger partial charge in [0.25, 0.3) is 0 Å². The van der Waals surface area contributed by atoms with Gasteiger partial charge in [0.2, 0.25) is 0 Å². The summed E-state index contributed by atoms with van der Waals surface area (Å²) in [5, 5.41) is 22.2. The highest BCUT2D eigenvalue weighted by Crippen LogP contribution is 2.38. The number of hydrogen-bond acceptors (Lipinski definition) is 8. The fourth-order valence-corrected chi connectivity index (χ4v) is 6.05. The van der Waals surface area contributed by atoms with E-state index in [1.807, 2.05) is 48.5 Å². The third-order valence-electron chi connectivity index (χ3n) is 5.57. The van der Waals surface area contributed by atoms with E-state index in [0.717, 1.165) is 41.6 Å². The smallest absolute Gasteiger partial charge is 0.161 e. The monoisotopic (exact) mass is 582 g/mol. The summed E-state index contributed by atoms with van der Waals surface area (Å²) < 4.78 is 12.3. The average molecular weight is 584 g/mol. The number of phenols is 2. The van der Waals surface area contributed by atoms with Crippen molar-refractivity contribution in [3.8, 4) is 44.1 Å². The third-order valence-corrected chi connectivity index (χ3v) is 8.27. The minimum absolute atomic E-state index is 0.116. The molecule has 0 spiro atoms. The van der Waals surface area contributed by atoms with Crippen LogP contribution in [0.15, 0.2) is 72.8 Å². The van der Waals surface area contributed by atoms with Gasteiger partial charge in [0.1, 0.15) is 15.5 Å². The van der Waals surface area contributed by atoms with E-state index < -0.39 is 0 Å². The first-order valence-electron chi connectivity index (χ1n) is 11.2. The number of methoxy groups -OCH3 is 2. The van der Waals surface area contributed by atoms with E-state index in [4.69, 9.17) is 32.7 Å². The number of aromatic hydroxyl groups is 2. The molecule has 38 heavy (non-hydrogen) atoms. The van der Waals surface area contributed by atoms with Crippen molar-refractivity contribution < 1.29 is 19.7 Å². The molecule has 0 saturated heterocycles.